The monoisotopic (exact) mass is 324 g/mol. The van der Waals surface area contributed by atoms with Crippen molar-refractivity contribution in [1.29, 1.82) is 0 Å². The van der Waals surface area contributed by atoms with Crippen LogP contribution in [0.5, 0.6) is 0 Å². The molecule has 98 valence electrons. The number of halogens is 2. The Morgan fingerprint density at radius 2 is 2.05 bits per heavy atom. The highest BCUT2D eigenvalue weighted by atomic mass is 79.9. The average molecular weight is 325 g/mol. The van der Waals surface area contributed by atoms with Crippen LogP contribution in [-0.4, -0.2) is 11.1 Å². The average Bonchev–Trinajstić information content (AvgIpc) is 2.35. The Kier molecular flexibility index (Phi) is 3.71. The highest BCUT2D eigenvalue weighted by Crippen LogP contribution is 2.30. The number of hydrogen-bond donors (Lipinski definition) is 3. The molecule has 0 spiro atoms. The van der Waals surface area contributed by atoms with Crippen LogP contribution in [-0.2, 0) is 0 Å². The lowest BCUT2D eigenvalue weighted by Crippen LogP contribution is -2.05. The summed E-state index contributed by atoms with van der Waals surface area (Å²) in [7, 11) is 0. The summed E-state index contributed by atoms with van der Waals surface area (Å²) in [5.74, 6) is -1.62. The summed E-state index contributed by atoms with van der Waals surface area (Å²) in [4.78, 5) is 11.1. The molecule has 0 saturated heterocycles. The molecule has 0 bridgehead atoms. The van der Waals surface area contributed by atoms with Gasteiger partial charge in [-0.15, -0.1) is 0 Å². The van der Waals surface area contributed by atoms with Crippen molar-refractivity contribution in [3.8, 4) is 0 Å². The predicted octanol–water partition coefficient (Wildman–Crippen LogP) is 3.61. The number of carboxylic acid groups (broad SMARTS) is 1. The second kappa shape index (κ2) is 5.27. The largest absolute Gasteiger partial charge is 0.478 e. The maximum atomic E-state index is 13.7. The van der Waals surface area contributed by atoms with Gasteiger partial charge in [-0.05, 0) is 46.3 Å². The Morgan fingerprint density at radius 3 is 2.68 bits per heavy atom. The van der Waals surface area contributed by atoms with Crippen molar-refractivity contribution in [2.75, 3.05) is 11.1 Å². The van der Waals surface area contributed by atoms with Crippen molar-refractivity contribution >= 4 is 39.0 Å². The molecular formula is C13H10BrFN2O2. The number of rotatable bonds is 3. The lowest BCUT2D eigenvalue weighted by Gasteiger charge is -2.12. The number of nitrogens with one attached hydrogen (secondary N) is 1. The van der Waals surface area contributed by atoms with Crippen LogP contribution in [0.15, 0.2) is 40.9 Å². The third kappa shape index (κ3) is 2.85. The van der Waals surface area contributed by atoms with Crippen molar-refractivity contribution in [1.82, 2.24) is 0 Å². The zero-order valence-corrected chi connectivity index (χ0v) is 11.2. The highest BCUT2D eigenvalue weighted by Gasteiger charge is 2.13. The van der Waals surface area contributed by atoms with Crippen LogP contribution in [0.1, 0.15) is 10.4 Å². The molecule has 4 N–H and O–H groups in total. The van der Waals surface area contributed by atoms with E-state index in [9.17, 15) is 9.18 Å². The van der Waals surface area contributed by atoms with Crippen LogP contribution in [0.4, 0.5) is 21.5 Å². The SMILES string of the molecule is Nc1ccc(Nc2c(F)cccc2Br)c(C(=O)O)c1. The van der Waals surface area contributed by atoms with Gasteiger partial charge in [0.2, 0.25) is 0 Å². The van der Waals surface area contributed by atoms with Gasteiger partial charge >= 0.3 is 5.97 Å². The molecule has 0 aromatic heterocycles. The van der Waals surface area contributed by atoms with E-state index in [4.69, 9.17) is 10.8 Å². The molecule has 0 fully saturated rings. The number of anilines is 3. The minimum atomic E-state index is -1.14. The molecule has 6 heteroatoms. The number of hydrogen-bond acceptors (Lipinski definition) is 3. The van der Waals surface area contributed by atoms with Gasteiger partial charge in [-0.2, -0.15) is 0 Å². The van der Waals surface area contributed by atoms with Crippen LogP contribution in [0, 0.1) is 5.82 Å². The summed E-state index contributed by atoms with van der Waals surface area (Å²) in [5.41, 5.74) is 6.30. The topological polar surface area (TPSA) is 75.3 Å². The van der Waals surface area contributed by atoms with E-state index in [0.717, 1.165) is 0 Å². The number of carbonyl (C=O) groups is 1. The van der Waals surface area contributed by atoms with E-state index in [2.05, 4.69) is 21.2 Å². The molecule has 2 aromatic rings. The van der Waals surface area contributed by atoms with E-state index in [0.29, 0.717) is 10.2 Å². The Bertz CT molecular complexity index is 626. The molecule has 0 radical (unpaired) electrons. The maximum absolute atomic E-state index is 13.7. The molecule has 2 rings (SSSR count). The van der Waals surface area contributed by atoms with Crippen molar-refractivity contribution < 1.29 is 14.3 Å². The smallest absolute Gasteiger partial charge is 0.337 e. The van der Waals surface area contributed by atoms with Crippen molar-refractivity contribution in [3.05, 3.63) is 52.3 Å². The van der Waals surface area contributed by atoms with Gasteiger partial charge in [0.05, 0.1) is 16.9 Å². The van der Waals surface area contributed by atoms with Gasteiger partial charge in [-0.3, -0.25) is 0 Å². The first-order valence-electron chi connectivity index (χ1n) is 5.33. The van der Waals surface area contributed by atoms with Gasteiger partial charge in [0, 0.05) is 10.2 Å². The molecule has 0 unspecified atom stereocenters. The molecule has 19 heavy (non-hydrogen) atoms. The Morgan fingerprint density at radius 1 is 1.32 bits per heavy atom. The van der Waals surface area contributed by atoms with E-state index >= 15 is 0 Å². The van der Waals surface area contributed by atoms with Crippen LogP contribution >= 0.6 is 15.9 Å². The highest BCUT2D eigenvalue weighted by molar-refractivity contribution is 9.10. The van der Waals surface area contributed by atoms with Crippen molar-refractivity contribution in [2.24, 2.45) is 0 Å². The molecule has 0 aliphatic carbocycles. The van der Waals surface area contributed by atoms with Crippen molar-refractivity contribution in [2.45, 2.75) is 0 Å². The number of para-hydroxylation sites is 1. The number of nitrogens with two attached hydrogens (primary N) is 1. The maximum Gasteiger partial charge on any atom is 0.337 e. The molecular weight excluding hydrogens is 315 g/mol. The van der Waals surface area contributed by atoms with Crippen molar-refractivity contribution in [3.63, 3.8) is 0 Å². The third-order valence-electron chi connectivity index (χ3n) is 2.50. The Labute approximate surface area is 117 Å². The molecule has 0 heterocycles. The summed E-state index contributed by atoms with van der Waals surface area (Å²) in [5, 5.41) is 11.9. The van der Waals surface area contributed by atoms with E-state index < -0.39 is 11.8 Å². The quantitative estimate of drug-likeness (QED) is 0.754. The molecule has 0 aliphatic heterocycles. The first-order valence-corrected chi connectivity index (χ1v) is 6.12. The van der Waals surface area contributed by atoms with Crippen LogP contribution in [0.25, 0.3) is 0 Å². The second-order valence-corrected chi connectivity index (χ2v) is 4.69. The Hall–Kier alpha value is -2.08. The van der Waals surface area contributed by atoms with Crippen LogP contribution in [0.3, 0.4) is 0 Å². The van der Waals surface area contributed by atoms with E-state index in [-0.39, 0.29) is 16.9 Å². The summed E-state index contributed by atoms with van der Waals surface area (Å²) in [6.07, 6.45) is 0. The lowest BCUT2D eigenvalue weighted by molar-refractivity contribution is 0.0698. The van der Waals surface area contributed by atoms with Gasteiger partial charge in [0.1, 0.15) is 5.82 Å². The Balaban J connectivity index is 2.47. The number of benzene rings is 2. The van der Waals surface area contributed by atoms with Gasteiger partial charge in [-0.25, -0.2) is 9.18 Å². The van der Waals surface area contributed by atoms with Crippen LogP contribution < -0.4 is 11.1 Å². The predicted molar refractivity (Wildman–Crippen MR) is 75.2 cm³/mol. The van der Waals surface area contributed by atoms with Gasteiger partial charge < -0.3 is 16.2 Å². The van der Waals surface area contributed by atoms with Gasteiger partial charge in [0.25, 0.3) is 0 Å². The zero-order chi connectivity index (χ0) is 14.0. The first kappa shape index (κ1) is 13.4. The summed E-state index contributed by atoms with van der Waals surface area (Å²) in [6, 6.07) is 8.85. The minimum Gasteiger partial charge on any atom is -0.478 e. The lowest BCUT2D eigenvalue weighted by atomic mass is 10.1. The van der Waals surface area contributed by atoms with E-state index in [1.54, 1.807) is 18.2 Å². The number of nitrogen functional groups attached to an aromatic ring is 1. The van der Waals surface area contributed by atoms with Crippen LogP contribution in [0.2, 0.25) is 0 Å². The van der Waals surface area contributed by atoms with Gasteiger partial charge in [0.15, 0.2) is 0 Å². The minimum absolute atomic E-state index is 0.0184. The second-order valence-electron chi connectivity index (χ2n) is 3.83. The molecule has 2 aromatic carbocycles. The number of carboxylic acids is 1. The summed E-state index contributed by atoms with van der Waals surface area (Å²) >= 11 is 3.21. The van der Waals surface area contributed by atoms with E-state index in [1.807, 2.05) is 0 Å². The number of aromatic carboxylic acids is 1. The zero-order valence-electron chi connectivity index (χ0n) is 9.65. The summed E-state index contributed by atoms with van der Waals surface area (Å²) < 4.78 is 14.2. The molecule has 4 nitrogen and oxygen atoms in total. The standard InChI is InChI=1S/C13H10BrFN2O2/c14-9-2-1-3-10(15)12(9)17-11-5-4-7(16)6-8(11)13(18)19/h1-6,17H,16H2,(H,18,19). The normalized spacial score (nSPS) is 10.2. The summed E-state index contributed by atoms with van der Waals surface area (Å²) in [6.45, 7) is 0. The van der Waals surface area contributed by atoms with E-state index in [1.165, 1.54) is 18.2 Å². The molecule has 0 aliphatic rings. The third-order valence-corrected chi connectivity index (χ3v) is 3.16. The fraction of sp³-hybridized carbons (Fsp3) is 0. The molecule has 0 atom stereocenters. The first-order chi connectivity index (χ1) is 8.99. The van der Waals surface area contributed by atoms with Gasteiger partial charge in [-0.1, -0.05) is 6.07 Å². The fourth-order valence-electron chi connectivity index (χ4n) is 1.60. The fourth-order valence-corrected chi connectivity index (χ4v) is 2.04. The molecule has 0 saturated carbocycles. The molecule has 0 amide bonds.